The van der Waals surface area contributed by atoms with Crippen LogP contribution >= 0.6 is 0 Å². The van der Waals surface area contributed by atoms with Crippen LogP contribution < -0.4 is 19.5 Å². The SMILES string of the molecule is COc1cc(NC(=O)N2CCC(Oc3cnccn3)C2)cc(OC)c1. The summed E-state index contributed by atoms with van der Waals surface area (Å²) in [6.07, 6.45) is 5.37. The maximum absolute atomic E-state index is 12.5. The molecule has 1 aromatic heterocycles. The number of amides is 2. The van der Waals surface area contributed by atoms with E-state index in [0.29, 0.717) is 36.2 Å². The van der Waals surface area contributed by atoms with E-state index < -0.39 is 0 Å². The van der Waals surface area contributed by atoms with Gasteiger partial charge in [0.2, 0.25) is 5.88 Å². The number of aromatic nitrogens is 2. The summed E-state index contributed by atoms with van der Waals surface area (Å²) >= 11 is 0. The Labute approximate surface area is 145 Å². The lowest BCUT2D eigenvalue weighted by Crippen LogP contribution is -2.34. The lowest BCUT2D eigenvalue weighted by Gasteiger charge is -2.18. The number of rotatable bonds is 5. The smallest absolute Gasteiger partial charge is 0.321 e. The minimum absolute atomic E-state index is 0.0951. The molecule has 1 aliphatic heterocycles. The van der Waals surface area contributed by atoms with E-state index in [1.165, 1.54) is 0 Å². The van der Waals surface area contributed by atoms with Crippen LogP contribution in [0.5, 0.6) is 17.4 Å². The number of hydrogen-bond donors (Lipinski definition) is 1. The number of likely N-dealkylation sites (tertiary alicyclic amines) is 1. The zero-order valence-corrected chi connectivity index (χ0v) is 14.1. The Kier molecular flexibility index (Phi) is 5.17. The van der Waals surface area contributed by atoms with Gasteiger partial charge >= 0.3 is 6.03 Å². The molecule has 132 valence electrons. The van der Waals surface area contributed by atoms with Crippen molar-refractivity contribution in [3.63, 3.8) is 0 Å². The van der Waals surface area contributed by atoms with Crippen LogP contribution in [0.4, 0.5) is 10.5 Å². The standard InChI is InChI=1S/C17H20N4O4/c1-23-14-7-12(8-15(9-14)24-2)20-17(22)21-6-3-13(11-21)25-16-10-18-4-5-19-16/h4-5,7-10,13H,3,6,11H2,1-2H3,(H,20,22). The molecule has 2 aromatic rings. The predicted octanol–water partition coefficient (Wildman–Crippen LogP) is 2.18. The molecule has 1 atom stereocenters. The molecule has 0 saturated carbocycles. The summed E-state index contributed by atoms with van der Waals surface area (Å²) in [4.78, 5) is 22.2. The van der Waals surface area contributed by atoms with Gasteiger partial charge in [0.1, 0.15) is 17.6 Å². The van der Waals surface area contributed by atoms with E-state index in [0.717, 1.165) is 6.42 Å². The fourth-order valence-corrected chi connectivity index (χ4v) is 2.61. The third kappa shape index (κ3) is 4.28. The average Bonchev–Trinajstić information content (AvgIpc) is 3.10. The predicted molar refractivity (Wildman–Crippen MR) is 91.2 cm³/mol. The average molecular weight is 344 g/mol. The van der Waals surface area contributed by atoms with Gasteiger partial charge in [0.25, 0.3) is 0 Å². The topological polar surface area (TPSA) is 85.8 Å². The van der Waals surface area contributed by atoms with Gasteiger partial charge in [-0.3, -0.25) is 4.98 Å². The van der Waals surface area contributed by atoms with Gasteiger partial charge in [-0.05, 0) is 0 Å². The Bertz CT molecular complexity index is 704. The largest absolute Gasteiger partial charge is 0.497 e. The summed E-state index contributed by atoms with van der Waals surface area (Å²) in [5.41, 5.74) is 0.611. The lowest BCUT2D eigenvalue weighted by molar-refractivity contribution is 0.189. The Morgan fingerprint density at radius 3 is 2.60 bits per heavy atom. The number of urea groups is 1. The Hall–Kier alpha value is -3.03. The molecule has 1 unspecified atom stereocenters. The molecule has 2 amide bonds. The summed E-state index contributed by atoms with van der Waals surface area (Å²) < 4.78 is 16.2. The molecule has 2 heterocycles. The van der Waals surface area contributed by atoms with Gasteiger partial charge in [-0.1, -0.05) is 0 Å². The maximum atomic E-state index is 12.5. The maximum Gasteiger partial charge on any atom is 0.321 e. The number of methoxy groups -OCH3 is 2. The monoisotopic (exact) mass is 344 g/mol. The number of carbonyl (C=O) groups is 1. The fourth-order valence-electron chi connectivity index (χ4n) is 2.61. The van der Waals surface area contributed by atoms with E-state index >= 15 is 0 Å². The minimum atomic E-state index is -0.194. The van der Waals surface area contributed by atoms with Crippen LogP contribution in [0.15, 0.2) is 36.8 Å². The van der Waals surface area contributed by atoms with Crippen molar-refractivity contribution in [3.05, 3.63) is 36.8 Å². The molecule has 8 nitrogen and oxygen atoms in total. The molecule has 1 aliphatic rings. The third-order valence-electron chi connectivity index (χ3n) is 3.86. The van der Waals surface area contributed by atoms with Gasteiger partial charge in [0.15, 0.2) is 0 Å². The van der Waals surface area contributed by atoms with Crippen LogP contribution in [0.2, 0.25) is 0 Å². The first-order valence-corrected chi connectivity index (χ1v) is 7.89. The van der Waals surface area contributed by atoms with Crippen molar-refractivity contribution in [2.75, 3.05) is 32.6 Å². The molecule has 25 heavy (non-hydrogen) atoms. The highest BCUT2D eigenvalue weighted by atomic mass is 16.5. The number of hydrogen-bond acceptors (Lipinski definition) is 6. The second-order valence-corrected chi connectivity index (χ2v) is 5.55. The van der Waals surface area contributed by atoms with Crippen LogP contribution in [-0.2, 0) is 0 Å². The normalized spacial score (nSPS) is 16.4. The first-order valence-electron chi connectivity index (χ1n) is 7.89. The number of nitrogens with one attached hydrogen (secondary N) is 1. The lowest BCUT2D eigenvalue weighted by atomic mass is 10.3. The highest BCUT2D eigenvalue weighted by Crippen LogP contribution is 2.26. The van der Waals surface area contributed by atoms with Gasteiger partial charge in [0.05, 0.1) is 27.0 Å². The first kappa shape index (κ1) is 16.8. The Balaban J connectivity index is 1.59. The summed E-state index contributed by atoms with van der Waals surface area (Å²) in [7, 11) is 3.13. The molecule has 1 N–H and O–H groups in total. The number of ether oxygens (including phenoxy) is 3. The van der Waals surface area contributed by atoms with Crippen molar-refractivity contribution in [1.29, 1.82) is 0 Å². The minimum Gasteiger partial charge on any atom is -0.497 e. The van der Waals surface area contributed by atoms with E-state index in [-0.39, 0.29) is 12.1 Å². The van der Waals surface area contributed by atoms with E-state index in [2.05, 4.69) is 15.3 Å². The van der Waals surface area contributed by atoms with Gasteiger partial charge in [-0.2, -0.15) is 0 Å². The zero-order chi connectivity index (χ0) is 17.6. The Morgan fingerprint density at radius 1 is 1.20 bits per heavy atom. The zero-order valence-electron chi connectivity index (χ0n) is 14.1. The van der Waals surface area contributed by atoms with Gasteiger partial charge in [0, 0.05) is 49.2 Å². The van der Waals surface area contributed by atoms with Crippen LogP contribution in [0, 0.1) is 0 Å². The Morgan fingerprint density at radius 2 is 1.96 bits per heavy atom. The van der Waals surface area contributed by atoms with Crippen molar-refractivity contribution < 1.29 is 19.0 Å². The second kappa shape index (κ2) is 7.69. The quantitative estimate of drug-likeness (QED) is 0.895. The molecule has 1 fully saturated rings. The van der Waals surface area contributed by atoms with Crippen LogP contribution in [-0.4, -0.2) is 54.3 Å². The molecule has 0 bridgehead atoms. The van der Waals surface area contributed by atoms with Crippen molar-refractivity contribution in [2.24, 2.45) is 0 Å². The van der Waals surface area contributed by atoms with E-state index in [1.54, 1.807) is 55.9 Å². The first-order chi connectivity index (χ1) is 12.2. The highest BCUT2D eigenvalue weighted by Gasteiger charge is 2.28. The fraction of sp³-hybridized carbons (Fsp3) is 0.353. The summed E-state index contributed by atoms with van der Waals surface area (Å²) in [5.74, 6) is 1.69. The molecule has 8 heteroatoms. The van der Waals surface area contributed by atoms with Crippen LogP contribution in [0.1, 0.15) is 6.42 Å². The second-order valence-electron chi connectivity index (χ2n) is 5.55. The number of nitrogens with zero attached hydrogens (tertiary/aromatic N) is 3. The van der Waals surface area contributed by atoms with Crippen LogP contribution in [0.25, 0.3) is 0 Å². The van der Waals surface area contributed by atoms with E-state index in [9.17, 15) is 4.79 Å². The molecule has 0 spiro atoms. The molecule has 3 rings (SSSR count). The van der Waals surface area contributed by atoms with Gasteiger partial charge in [-0.15, -0.1) is 0 Å². The highest BCUT2D eigenvalue weighted by molar-refractivity contribution is 5.90. The van der Waals surface area contributed by atoms with Crippen LogP contribution in [0.3, 0.4) is 0 Å². The molecule has 0 radical (unpaired) electrons. The molecule has 1 saturated heterocycles. The van der Waals surface area contributed by atoms with Crippen molar-refractivity contribution in [1.82, 2.24) is 14.9 Å². The van der Waals surface area contributed by atoms with Gasteiger partial charge < -0.3 is 24.4 Å². The number of carbonyl (C=O) groups excluding carboxylic acids is 1. The summed E-state index contributed by atoms with van der Waals surface area (Å²) in [6, 6.07) is 5.03. The van der Waals surface area contributed by atoms with Crippen molar-refractivity contribution in [3.8, 4) is 17.4 Å². The molecular weight excluding hydrogens is 324 g/mol. The molecule has 0 aliphatic carbocycles. The third-order valence-corrected chi connectivity index (χ3v) is 3.86. The van der Waals surface area contributed by atoms with E-state index in [4.69, 9.17) is 14.2 Å². The molecule has 1 aromatic carbocycles. The summed E-state index contributed by atoms with van der Waals surface area (Å²) in [5, 5.41) is 2.86. The summed E-state index contributed by atoms with van der Waals surface area (Å²) in [6.45, 7) is 1.10. The molecular formula is C17H20N4O4. The van der Waals surface area contributed by atoms with Gasteiger partial charge in [-0.25, -0.2) is 9.78 Å². The van der Waals surface area contributed by atoms with E-state index in [1.807, 2.05) is 0 Å². The van der Waals surface area contributed by atoms with Crippen molar-refractivity contribution in [2.45, 2.75) is 12.5 Å². The number of anilines is 1. The van der Waals surface area contributed by atoms with Crippen molar-refractivity contribution >= 4 is 11.7 Å². The number of benzene rings is 1.